The maximum absolute atomic E-state index is 12.3. The molecule has 1 aliphatic heterocycles. The molecule has 2 aliphatic rings. The summed E-state index contributed by atoms with van der Waals surface area (Å²) in [5.41, 5.74) is 1.40. The Morgan fingerprint density at radius 2 is 1.82 bits per heavy atom. The smallest absolute Gasteiger partial charge is 0.255 e. The molecule has 1 amide bonds. The number of ether oxygens (including phenoxy) is 1. The van der Waals surface area contributed by atoms with Gasteiger partial charge in [0, 0.05) is 44.9 Å². The molecule has 1 saturated carbocycles. The SMILES string of the molecule is COC(CCCNC(=O)c1ccccc1O)C1CCC(CCN2CCN(c3ccc(Cl)cc3Cl)CC2)CC1. The van der Waals surface area contributed by atoms with E-state index < -0.39 is 0 Å². The third kappa shape index (κ3) is 8.01. The van der Waals surface area contributed by atoms with Crippen molar-refractivity contribution in [3.05, 3.63) is 58.1 Å². The summed E-state index contributed by atoms with van der Waals surface area (Å²) in [6.45, 7) is 5.88. The van der Waals surface area contributed by atoms with Crippen LogP contribution in [0.2, 0.25) is 10.0 Å². The number of benzene rings is 2. The number of phenolic OH excluding ortho intramolecular Hbond substituents is 1. The van der Waals surface area contributed by atoms with Crippen molar-refractivity contribution in [3.63, 3.8) is 0 Å². The number of nitrogens with zero attached hydrogens (tertiary/aromatic N) is 2. The predicted octanol–water partition coefficient (Wildman–Crippen LogP) is 6.24. The predicted molar refractivity (Wildman–Crippen MR) is 156 cm³/mol. The number of para-hydroxylation sites is 1. The van der Waals surface area contributed by atoms with Crippen LogP contribution in [0.4, 0.5) is 5.69 Å². The standard InChI is InChI=1S/C30H41Cl2N3O3/c1-38-29(7-4-15-33-30(37)25-5-2-3-6-28(25)36)23-10-8-22(9-11-23)14-16-34-17-19-35(20-18-34)27-13-12-24(31)21-26(27)32/h2-3,5-6,12-13,21-23,29,36H,4,7-11,14-20H2,1H3,(H,33,37). The number of hydrogen-bond donors (Lipinski definition) is 2. The number of methoxy groups -OCH3 is 1. The highest BCUT2D eigenvalue weighted by atomic mass is 35.5. The van der Waals surface area contributed by atoms with E-state index in [1.165, 1.54) is 44.7 Å². The summed E-state index contributed by atoms with van der Waals surface area (Å²) in [5.74, 6) is 1.18. The van der Waals surface area contributed by atoms with Gasteiger partial charge in [-0.1, -0.05) is 48.2 Å². The second-order valence-electron chi connectivity index (χ2n) is 10.7. The van der Waals surface area contributed by atoms with E-state index >= 15 is 0 Å². The van der Waals surface area contributed by atoms with Gasteiger partial charge in [-0.25, -0.2) is 0 Å². The van der Waals surface area contributed by atoms with Crippen LogP contribution < -0.4 is 10.2 Å². The van der Waals surface area contributed by atoms with E-state index in [-0.39, 0.29) is 17.8 Å². The van der Waals surface area contributed by atoms with Crippen molar-refractivity contribution in [1.29, 1.82) is 0 Å². The highest BCUT2D eigenvalue weighted by Gasteiger charge is 2.28. The molecule has 2 aromatic rings. The highest BCUT2D eigenvalue weighted by molar-refractivity contribution is 6.36. The number of anilines is 1. The van der Waals surface area contributed by atoms with Gasteiger partial charge in [0.15, 0.2) is 0 Å². The van der Waals surface area contributed by atoms with Crippen LogP contribution in [0.1, 0.15) is 55.3 Å². The van der Waals surface area contributed by atoms with E-state index in [4.69, 9.17) is 27.9 Å². The van der Waals surface area contributed by atoms with Crippen LogP contribution in [-0.2, 0) is 4.74 Å². The summed E-state index contributed by atoms with van der Waals surface area (Å²) in [6.07, 6.45) is 8.30. The zero-order chi connectivity index (χ0) is 26.9. The molecule has 0 bridgehead atoms. The van der Waals surface area contributed by atoms with Gasteiger partial charge in [-0.15, -0.1) is 0 Å². The van der Waals surface area contributed by atoms with E-state index in [2.05, 4.69) is 15.1 Å². The Labute approximate surface area is 237 Å². The van der Waals surface area contributed by atoms with Gasteiger partial charge in [0.1, 0.15) is 5.75 Å². The van der Waals surface area contributed by atoms with Crippen molar-refractivity contribution in [3.8, 4) is 5.75 Å². The number of aromatic hydroxyl groups is 1. The lowest BCUT2D eigenvalue weighted by molar-refractivity contribution is 0.0212. The number of piperazine rings is 1. The van der Waals surface area contributed by atoms with Crippen LogP contribution >= 0.6 is 23.2 Å². The number of rotatable bonds is 11. The first-order valence-corrected chi connectivity index (χ1v) is 14.7. The van der Waals surface area contributed by atoms with E-state index in [0.29, 0.717) is 23.0 Å². The number of halogens is 2. The number of carbonyl (C=O) groups excluding carboxylic acids is 1. The molecule has 2 fully saturated rings. The Balaban J connectivity index is 1.11. The molecule has 4 rings (SSSR count). The van der Waals surface area contributed by atoms with Crippen molar-refractivity contribution >= 4 is 34.8 Å². The molecule has 8 heteroatoms. The molecule has 1 saturated heterocycles. The average molecular weight is 563 g/mol. The third-order valence-corrected chi connectivity index (χ3v) is 8.83. The lowest BCUT2D eigenvalue weighted by Gasteiger charge is -2.38. The van der Waals surface area contributed by atoms with Crippen molar-refractivity contribution in [2.45, 2.75) is 51.0 Å². The van der Waals surface area contributed by atoms with Gasteiger partial charge in [-0.05, 0) is 80.8 Å². The van der Waals surface area contributed by atoms with Gasteiger partial charge in [0.05, 0.1) is 22.4 Å². The first-order chi connectivity index (χ1) is 18.4. The van der Waals surface area contributed by atoms with Crippen LogP contribution in [0.25, 0.3) is 0 Å². The minimum absolute atomic E-state index is 0.0154. The van der Waals surface area contributed by atoms with Gasteiger partial charge in [-0.3, -0.25) is 9.69 Å². The normalized spacial score (nSPS) is 21.3. The Kier molecular flexibility index (Phi) is 11.0. The van der Waals surface area contributed by atoms with E-state index in [0.717, 1.165) is 55.6 Å². The topological polar surface area (TPSA) is 65.0 Å². The molecule has 0 aromatic heterocycles. The molecule has 2 aromatic carbocycles. The maximum atomic E-state index is 12.3. The molecule has 38 heavy (non-hydrogen) atoms. The second kappa shape index (κ2) is 14.4. The number of hydrogen-bond acceptors (Lipinski definition) is 5. The largest absolute Gasteiger partial charge is 0.507 e. The van der Waals surface area contributed by atoms with Crippen LogP contribution in [0.5, 0.6) is 5.75 Å². The lowest BCUT2D eigenvalue weighted by atomic mass is 9.77. The number of carbonyl (C=O) groups is 1. The molecule has 0 radical (unpaired) electrons. The van der Waals surface area contributed by atoms with Gasteiger partial charge in [-0.2, -0.15) is 0 Å². The quantitative estimate of drug-likeness (QED) is 0.318. The molecular formula is C30H41Cl2N3O3. The monoisotopic (exact) mass is 561 g/mol. The molecule has 1 heterocycles. The first-order valence-electron chi connectivity index (χ1n) is 14.0. The second-order valence-corrected chi connectivity index (χ2v) is 11.5. The van der Waals surface area contributed by atoms with Crippen molar-refractivity contribution in [2.24, 2.45) is 11.8 Å². The van der Waals surface area contributed by atoms with Gasteiger partial charge < -0.3 is 20.1 Å². The summed E-state index contributed by atoms with van der Waals surface area (Å²) in [4.78, 5) is 17.2. The molecular weight excluding hydrogens is 521 g/mol. The molecule has 1 aliphatic carbocycles. The van der Waals surface area contributed by atoms with E-state index in [9.17, 15) is 9.90 Å². The lowest BCUT2D eigenvalue weighted by Crippen LogP contribution is -2.47. The van der Waals surface area contributed by atoms with Crippen molar-refractivity contribution < 1.29 is 14.6 Å². The molecule has 1 atom stereocenters. The number of nitrogens with one attached hydrogen (secondary N) is 1. The Morgan fingerprint density at radius 3 is 2.50 bits per heavy atom. The number of phenols is 1. The summed E-state index contributed by atoms with van der Waals surface area (Å²) in [6, 6.07) is 12.4. The first kappa shape index (κ1) is 29.0. The molecule has 208 valence electrons. The molecule has 1 unspecified atom stereocenters. The summed E-state index contributed by atoms with van der Waals surface area (Å²) in [7, 11) is 1.81. The highest BCUT2D eigenvalue weighted by Crippen LogP contribution is 2.35. The summed E-state index contributed by atoms with van der Waals surface area (Å²) >= 11 is 12.5. The zero-order valence-corrected chi connectivity index (χ0v) is 23.9. The fraction of sp³-hybridized carbons (Fsp3) is 0.567. The van der Waals surface area contributed by atoms with E-state index in [1.807, 2.05) is 25.3 Å². The minimum Gasteiger partial charge on any atom is -0.507 e. The Bertz CT molecular complexity index is 1040. The van der Waals surface area contributed by atoms with Gasteiger partial charge in [0.25, 0.3) is 5.91 Å². The third-order valence-electron chi connectivity index (χ3n) is 8.30. The summed E-state index contributed by atoms with van der Waals surface area (Å²) in [5, 5.41) is 14.2. The zero-order valence-electron chi connectivity index (χ0n) is 22.4. The van der Waals surface area contributed by atoms with E-state index in [1.54, 1.807) is 18.2 Å². The Morgan fingerprint density at radius 1 is 1.08 bits per heavy atom. The minimum atomic E-state index is -0.229. The van der Waals surface area contributed by atoms with Crippen LogP contribution in [0, 0.1) is 11.8 Å². The van der Waals surface area contributed by atoms with Crippen LogP contribution in [0.3, 0.4) is 0 Å². The number of amides is 1. The molecule has 2 N–H and O–H groups in total. The maximum Gasteiger partial charge on any atom is 0.255 e. The molecule has 6 nitrogen and oxygen atoms in total. The van der Waals surface area contributed by atoms with Gasteiger partial charge >= 0.3 is 0 Å². The summed E-state index contributed by atoms with van der Waals surface area (Å²) < 4.78 is 5.87. The molecule has 0 spiro atoms. The van der Waals surface area contributed by atoms with Gasteiger partial charge in [0.2, 0.25) is 0 Å². The van der Waals surface area contributed by atoms with Crippen LogP contribution in [-0.4, -0.2) is 68.4 Å². The van der Waals surface area contributed by atoms with Crippen LogP contribution in [0.15, 0.2) is 42.5 Å². The fourth-order valence-corrected chi connectivity index (χ4v) is 6.50. The average Bonchev–Trinajstić information content (AvgIpc) is 2.93. The van der Waals surface area contributed by atoms with Crippen molar-refractivity contribution in [2.75, 3.05) is 51.3 Å². The fourth-order valence-electron chi connectivity index (χ4n) is 5.98. The van der Waals surface area contributed by atoms with Crippen molar-refractivity contribution in [1.82, 2.24) is 10.2 Å². The Hall–Kier alpha value is -1.99.